The first-order valence-corrected chi connectivity index (χ1v) is 8.67. The number of nitrogens with zero attached hydrogens (tertiary/aromatic N) is 1. The van der Waals surface area contributed by atoms with Gasteiger partial charge in [-0.3, -0.25) is 4.79 Å². The van der Waals surface area contributed by atoms with E-state index in [9.17, 15) is 4.79 Å². The number of likely N-dealkylation sites (N-methyl/N-ethyl adjacent to an activating group) is 1. The van der Waals surface area contributed by atoms with Gasteiger partial charge < -0.3 is 9.64 Å². The fourth-order valence-electron chi connectivity index (χ4n) is 5.24. The Labute approximate surface area is 130 Å². The van der Waals surface area contributed by atoms with Gasteiger partial charge in [0.25, 0.3) is 0 Å². The van der Waals surface area contributed by atoms with Crippen molar-refractivity contribution in [1.29, 1.82) is 0 Å². The van der Waals surface area contributed by atoms with Crippen LogP contribution in [0.15, 0.2) is 0 Å². The maximum atomic E-state index is 12.2. The second-order valence-electron chi connectivity index (χ2n) is 7.81. The van der Waals surface area contributed by atoms with E-state index in [2.05, 4.69) is 15.9 Å². The molecule has 0 radical (unpaired) electrons. The largest absolute Gasteiger partial charge is 0.464 e. The minimum Gasteiger partial charge on any atom is -0.464 e. The molecule has 3 nitrogen and oxygen atoms in total. The standard InChI is InChI=1S/C16H26BrNO2/c1-18(2)3-4-20-14(19)10-15-6-12-5-13(7-15)9-16(17,8-12)11-15/h12-13H,3-11H2,1-2H3/t12-,13+,15?,16?. The summed E-state index contributed by atoms with van der Waals surface area (Å²) >= 11 is 4.00. The Kier molecular flexibility index (Phi) is 3.91. The molecule has 20 heavy (non-hydrogen) atoms. The van der Waals surface area contributed by atoms with Crippen molar-refractivity contribution >= 4 is 21.9 Å². The molecule has 0 N–H and O–H groups in total. The van der Waals surface area contributed by atoms with Crippen molar-refractivity contribution in [2.24, 2.45) is 17.3 Å². The fourth-order valence-corrected chi connectivity index (χ4v) is 6.75. The summed E-state index contributed by atoms with van der Waals surface area (Å²) < 4.78 is 5.76. The Morgan fingerprint density at radius 1 is 1.25 bits per heavy atom. The van der Waals surface area contributed by atoms with Crippen molar-refractivity contribution in [2.75, 3.05) is 27.2 Å². The maximum absolute atomic E-state index is 12.2. The number of alkyl halides is 1. The third-order valence-electron chi connectivity index (χ3n) is 5.43. The number of carbonyl (C=O) groups is 1. The lowest BCUT2D eigenvalue weighted by Crippen LogP contribution is -2.53. The summed E-state index contributed by atoms with van der Waals surface area (Å²) in [5.41, 5.74) is 0.239. The molecule has 114 valence electrons. The van der Waals surface area contributed by atoms with Gasteiger partial charge in [0.15, 0.2) is 0 Å². The molecule has 0 amide bonds. The lowest BCUT2D eigenvalue weighted by atomic mass is 9.49. The summed E-state index contributed by atoms with van der Waals surface area (Å²) in [5.74, 6) is 1.69. The zero-order valence-electron chi connectivity index (χ0n) is 12.7. The van der Waals surface area contributed by atoms with Gasteiger partial charge in [-0.15, -0.1) is 0 Å². The monoisotopic (exact) mass is 343 g/mol. The van der Waals surface area contributed by atoms with Crippen molar-refractivity contribution in [1.82, 2.24) is 4.90 Å². The quantitative estimate of drug-likeness (QED) is 0.567. The third kappa shape index (κ3) is 3.06. The molecular formula is C16H26BrNO2. The molecule has 0 aromatic rings. The minimum atomic E-state index is 0.0184. The van der Waals surface area contributed by atoms with Crippen LogP contribution in [0.5, 0.6) is 0 Å². The highest BCUT2D eigenvalue weighted by molar-refractivity contribution is 9.10. The highest BCUT2D eigenvalue weighted by Gasteiger charge is 2.57. The van der Waals surface area contributed by atoms with E-state index in [1.165, 1.54) is 38.5 Å². The zero-order chi connectivity index (χ0) is 14.4. The summed E-state index contributed by atoms with van der Waals surface area (Å²) in [5, 5.41) is 0. The van der Waals surface area contributed by atoms with Crippen molar-refractivity contribution in [3.05, 3.63) is 0 Å². The zero-order valence-corrected chi connectivity index (χ0v) is 14.2. The van der Waals surface area contributed by atoms with Crippen LogP contribution >= 0.6 is 15.9 Å². The molecule has 4 bridgehead atoms. The number of ether oxygens (including phenoxy) is 1. The van der Waals surface area contributed by atoms with Crippen LogP contribution in [0.3, 0.4) is 0 Å². The van der Waals surface area contributed by atoms with Gasteiger partial charge in [-0.2, -0.15) is 0 Å². The normalized spacial score (nSPS) is 42.2. The van der Waals surface area contributed by atoms with Crippen LogP contribution in [-0.4, -0.2) is 42.4 Å². The van der Waals surface area contributed by atoms with Crippen LogP contribution in [0.1, 0.15) is 44.9 Å². The molecule has 0 spiro atoms. The molecule has 0 aromatic heterocycles. The van der Waals surface area contributed by atoms with E-state index in [0.717, 1.165) is 18.4 Å². The van der Waals surface area contributed by atoms with E-state index in [-0.39, 0.29) is 11.4 Å². The molecule has 0 saturated heterocycles. The first kappa shape index (κ1) is 14.8. The molecule has 0 aromatic carbocycles. The maximum Gasteiger partial charge on any atom is 0.306 e. The summed E-state index contributed by atoms with van der Waals surface area (Å²) in [6.45, 7) is 1.33. The topological polar surface area (TPSA) is 29.5 Å². The molecule has 2 unspecified atom stereocenters. The Morgan fingerprint density at radius 2 is 1.90 bits per heavy atom. The lowest BCUT2D eigenvalue weighted by molar-refractivity contribution is -0.151. The van der Waals surface area contributed by atoms with Crippen LogP contribution in [0, 0.1) is 17.3 Å². The SMILES string of the molecule is CN(C)CCOC(=O)CC12C[C@@H]3C[C@@H](CC(Br)(C3)C1)C2. The number of hydrogen-bond acceptors (Lipinski definition) is 3. The van der Waals surface area contributed by atoms with Crippen LogP contribution in [0.2, 0.25) is 0 Å². The summed E-state index contributed by atoms with van der Waals surface area (Å²) in [4.78, 5) is 14.2. The smallest absolute Gasteiger partial charge is 0.306 e. The highest BCUT2D eigenvalue weighted by atomic mass is 79.9. The fraction of sp³-hybridized carbons (Fsp3) is 0.938. The average molecular weight is 344 g/mol. The molecule has 4 heteroatoms. The van der Waals surface area contributed by atoms with Crippen LogP contribution in [0.4, 0.5) is 0 Å². The predicted molar refractivity (Wildman–Crippen MR) is 82.9 cm³/mol. The van der Waals surface area contributed by atoms with E-state index >= 15 is 0 Å². The molecule has 4 rings (SSSR count). The molecule has 0 heterocycles. The number of carbonyl (C=O) groups excluding carboxylic acids is 1. The van der Waals surface area contributed by atoms with E-state index < -0.39 is 0 Å². The van der Waals surface area contributed by atoms with Crippen molar-refractivity contribution in [3.8, 4) is 0 Å². The van der Waals surface area contributed by atoms with Crippen LogP contribution < -0.4 is 0 Å². The first-order chi connectivity index (χ1) is 9.38. The number of rotatable bonds is 5. The van der Waals surface area contributed by atoms with Gasteiger partial charge in [-0.25, -0.2) is 0 Å². The van der Waals surface area contributed by atoms with Gasteiger partial charge in [0.05, 0.1) is 6.42 Å². The van der Waals surface area contributed by atoms with Crippen LogP contribution in [0.25, 0.3) is 0 Å². The Bertz CT molecular complexity index is 382. The average Bonchev–Trinajstić information content (AvgIpc) is 2.23. The van der Waals surface area contributed by atoms with Crippen molar-refractivity contribution < 1.29 is 9.53 Å². The Hall–Kier alpha value is -0.0900. The van der Waals surface area contributed by atoms with Crippen molar-refractivity contribution in [2.45, 2.75) is 49.3 Å². The van der Waals surface area contributed by atoms with E-state index in [4.69, 9.17) is 4.74 Å². The number of hydrogen-bond donors (Lipinski definition) is 0. The Balaban J connectivity index is 1.58. The van der Waals surface area contributed by atoms with Crippen LogP contribution in [-0.2, 0) is 9.53 Å². The molecule has 4 saturated carbocycles. The van der Waals surface area contributed by atoms with Crippen molar-refractivity contribution in [3.63, 3.8) is 0 Å². The predicted octanol–water partition coefficient (Wildman–Crippen LogP) is 3.22. The van der Waals surface area contributed by atoms with E-state index in [0.29, 0.717) is 17.4 Å². The van der Waals surface area contributed by atoms with Gasteiger partial charge in [0.1, 0.15) is 6.61 Å². The summed E-state index contributed by atoms with van der Waals surface area (Å²) in [6.07, 6.45) is 8.35. The summed E-state index contributed by atoms with van der Waals surface area (Å²) in [7, 11) is 4.00. The van der Waals surface area contributed by atoms with Gasteiger partial charge in [0, 0.05) is 10.9 Å². The number of esters is 1. The molecule has 4 aliphatic carbocycles. The molecule has 4 atom stereocenters. The first-order valence-electron chi connectivity index (χ1n) is 7.87. The van der Waals surface area contributed by atoms with E-state index in [1.54, 1.807) is 0 Å². The highest BCUT2D eigenvalue weighted by Crippen LogP contribution is 2.65. The molecule has 4 aliphatic rings. The van der Waals surface area contributed by atoms with E-state index in [1.807, 2.05) is 19.0 Å². The lowest BCUT2D eigenvalue weighted by Gasteiger charge is -2.60. The molecule has 0 aliphatic heterocycles. The second kappa shape index (κ2) is 5.28. The van der Waals surface area contributed by atoms with Gasteiger partial charge in [-0.05, 0) is 69.9 Å². The van der Waals surface area contributed by atoms with Gasteiger partial charge in [-0.1, -0.05) is 15.9 Å². The molecular weight excluding hydrogens is 318 g/mol. The number of halogens is 1. The summed E-state index contributed by atoms with van der Waals surface area (Å²) in [6, 6.07) is 0. The Morgan fingerprint density at radius 3 is 2.45 bits per heavy atom. The minimum absolute atomic E-state index is 0.0184. The molecule has 4 fully saturated rings. The van der Waals surface area contributed by atoms with Gasteiger partial charge in [0.2, 0.25) is 0 Å². The van der Waals surface area contributed by atoms with Gasteiger partial charge >= 0.3 is 5.97 Å². The second-order valence-corrected chi connectivity index (χ2v) is 9.49. The third-order valence-corrected chi connectivity index (χ3v) is 6.36.